The molecule has 168 valence electrons. The summed E-state index contributed by atoms with van der Waals surface area (Å²) in [6, 6.07) is 8.30. The second-order valence-electron chi connectivity index (χ2n) is 9.05. The molecule has 0 spiro atoms. The number of hydrogen-bond donors (Lipinski definition) is 1. The number of carbonyl (C=O) groups excluding carboxylic acids is 1. The molecule has 1 atom stereocenters. The number of amides is 1. The van der Waals surface area contributed by atoms with Gasteiger partial charge in [-0.2, -0.15) is 0 Å². The molecule has 2 aliphatic rings. The fourth-order valence-corrected chi connectivity index (χ4v) is 4.90. The smallest absolute Gasteiger partial charge is 0.352 e. The lowest BCUT2D eigenvalue weighted by Crippen LogP contribution is -2.50. The van der Waals surface area contributed by atoms with Gasteiger partial charge < -0.3 is 19.5 Å². The van der Waals surface area contributed by atoms with E-state index in [-0.39, 0.29) is 5.91 Å². The summed E-state index contributed by atoms with van der Waals surface area (Å²) in [5.41, 5.74) is 2.40. The Bertz CT molecular complexity index is 962. The van der Waals surface area contributed by atoms with Crippen molar-refractivity contribution in [1.29, 1.82) is 0 Å². The number of likely N-dealkylation sites (tertiary alicyclic amines) is 1. The lowest BCUT2D eigenvalue weighted by atomic mass is 10.1. The topological polar surface area (TPSA) is 72.3 Å². The molecule has 2 fully saturated rings. The van der Waals surface area contributed by atoms with Crippen molar-refractivity contribution in [3.8, 4) is 0 Å². The highest BCUT2D eigenvalue weighted by Gasteiger charge is 2.28. The van der Waals surface area contributed by atoms with E-state index in [4.69, 9.17) is 0 Å². The van der Waals surface area contributed by atoms with Crippen LogP contribution in [-0.4, -0.2) is 107 Å². The molecule has 0 saturated carbocycles. The Labute approximate surface area is 183 Å². The molecule has 31 heavy (non-hydrogen) atoms. The Morgan fingerprint density at radius 1 is 1.10 bits per heavy atom. The van der Waals surface area contributed by atoms with E-state index in [9.17, 15) is 14.7 Å². The minimum atomic E-state index is -0.910. The van der Waals surface area contributed by atoms with Crippen LogP contribution in [0, 0.1) is 0 Å². The number of rotatable bonds is 6. The molecule has 1 amide bonds. The molecule has 4 rings (SSSR count). The Morgan fingerprint density at radius 3 is 2.48 bits per heavy atom. The highest BCUT2D eigenvalue weighted by atomic mass is 16.4. The fraction of sp³-hybridized carbons (Fsp3) is 0.565. The number of carbonyl (C=O) groups is 2. The molecule has 8 nitrogen and oxygen atoms in total. The fourth-order valence-electron chi connectivity index (χ4n) is 4.90. The van der Waals surface area contributed by atoms with Crippen LogP contribution in [-0.2, 0) is 18.4 Å². The van der Waals surface area contributed by atoms with Crippen molar-refractivity contribution in [2.45, 2.75) is 19.0 Å². The molecule has 2 aromatic rings. The van der Waals surface area contributed by atoms with E-state index in [1.54, 1.807) is 10.6 Å². The molecule has 1 aromatic heterocycles. The van der Waals surface area contributed by atoms with Gasteiger partial charge in [-0.3, -0.25) is 14.6 Å². The van der Waals surface area contributed by atoms with Crippen molar-refractivity contribution in [1.82, 2.24) is 24.2 Å². The summed E-state index contributed by atoms with van der Waals surface area (Å²) in [5, 5.41) is 10.4. The van der Waals surface area contributed by atoms with Crippen molar-refractivity contribution < 1.29 is 14.7 Å². The average molecular weight is 428 g/mol. The van der Waals surface area contributed by atoms with Gasteiger partial charge in [0.25, 0.3) is 0 Å². The van der Waals surface area contributed by atoms with Gasteiger partial charge in [-0.25, -0.2) is 4.79 Å². The SMILES string of the molecule is CN(C)[C@H]1CCN(CC(=O)N2CCN(Cc3cccc4cc(C(=O)O)n(C)c34)CC2)C1. The third-order valence-electron chi connectivity index (χ3n) is 6.81. The van der Waals surface area contributed by atoms with Gasteiger partial charge in [-0.1, -0.05) is 18.2 Å². The van der Waals surface area contributed by atoms with Crippen LogP contribution in [0.25, 0.3) is 10.9 Å². The van der Waals surface area contributed by atoms with Gasteiger partial charge in [0.15, 0.2) is 0 Å². The lowest BCUT2D eigenvalue weighted by molar-refractivity contribution is -0.134. The van der Waals surface area contributed by atoms with E-state index >= 15 is 0 Å². The largest absolute Gasteiger partial charge is 0.477 e. The average Bonchev–Trinajstić information content (AvgIpc) is 3.34. The number of piperazine rings is 1. The minimum Gasteiger partial charge on any atom is -0.477 e. The van der Waals surface area contributed by atoms with E-state index in [0.29, 0.717) is 18.3 Å². The van der Waals surface area contributed by atoms with Gasteiger partial charge in [0, 0.05) is 64.3 Å². The Kier molecular flexibility index (Phi) is 6.31. The number of aromatic carboxylic acids is 1. The van der Waals surface area contributed by atoms with E-state index in [0.717, 1.165) is 68.7 Å². The first-order chi connectivity index (χ1) is 14.8. The predicted octanol–water partition coefficient (Wildman–Crippen LogP) is 1.16. The normalized spacial score (nSPS) is 20.8. The molecule has 2 saturated heterocycles. The lowest BCUT2D eigenvalue weighted by Gasteiger charge is -2.35. The molecule has 8 heteroatoms. The zero-order valence-electron chi connectivity index (χ0n) is 18.8. The summed E-state index contributed by atoms with van der Waals surface area (Å²) < 4.78 is 1.77. The maximum Gasteiger partial charge on any atom is 0.352 e. The van der Waals surface area contributed by atoms with Crippen molar-refractivity contribution in [3.63, 3.8) is 0 Å². The number of likely N-dealkylation sites (N-methyl/N-ethyl adjacent to an activating group) is 1. The van der Waals surface area contributed by atoms with Crippen LogP contribution in [0.2, 0.25) is 0 Å². The van der Waals surface area contributed by atoms with Crippen LogP contribution in [0.5, 0.6) is 0 Å². The minimum absolute atomic E-state index is 0.231. The quantitative estimate of drug-likeness (QED) is 0.746. The highest BCUT2D eigenvalue weighted by Crippen LogP contribution is 2.24. The summed E-state index contributed by atoms with van der Waals surface area (Å²) in [5.74, 6) is -0.679. The van der Waals surface area contributed by atoms with Crippen molar-refractivity contribution in [2.75, 3.05) is 59.9 Å². The molecule has 0 unspecified atom stereocenters. The van der Waals surface area contributed by atoms with Crippen molar-refractivity contribution in [2.24, 2.45) is 7.05 Å². The zero-order valence-corrected chi connectivity index (χ0v) is 18.8. The molecule has 2 aliphatic heterocycles. The third kappa shape index (κ3) is 4.61. The van der Waals surface area contributed by atoms with Crippen LogP contribution in [0.3, 0.4) is 0 Å². The van der Waals surface area contributed by atoms with E-state index < -0.39 is 5.97 Å². The maximum absolute atomic E-state index is 12.8. The summed E-state index contributed by atoms with van der Waals surface area (Å²) in [6.45, 7) is 6.39. The van der Waals surface area contributed by atoms with Crippen LogP contribution >= 0.6 is 0 Å². The Morgan fingerprint density at radius 2 is 1.84 bits per heavy atom. The summed E-state index contributed by atoms with van der Waals surface area (Å²) in [7, 11) is 6.02. The number of carboxylic acids is 1. The number of carboxylic acid groups (broad SMARTS) is 1. The zero-order chi connectivity index (χ0) is 22.1. The molecular formula is C23H33N5O3. The number of aryl methyl sites for hydroxylation is 1. The standard InChI is InChI=1S/C23H33N5O3/c1-24(2)19-7-8-27(15-19)16-21(29)28-11-9-26(10-12-28)14-18-6-4-5-17-13-20(23(30)31)25(3)22(17)18/h4-6,13,19H,7-12,14-16H2,1-3H3,(H,30,31)/t19-/m0/s1. The first kappa shape index (κ1) is 21.8. The van der Waals surface area contributed by atoms with Gasteiger partial charge in [-0.05, 0) is 32.1 Å². The number of fused-ring (bicyclic) bond motifs is 1. The molecule has 1 aromatic carbocycles. The molecule has 1 N–H and O–H groups in total. The van der Waals surface area contributed by atoms with Gasteiger partial charge in [-0.15, -0.1) is 0 Å². The van der Waals surface area contributed by atoms with Crippen LogP contribution in [0.15, 0.2) is 24.3 Å². The number of para-hydroxylation sites is 1. The second kappa shape index (κ2) is 8.98. The van der Waals surface area contributed by atoms with Crippen molar-refractivity contribution >= 4 is 22.8 Å². The highest BCUT2D eigenvalue weighted by molar-refractivity contribution is 5.95. The molecule has 3 heterocycles. The van der Waals surface area contributed by atoms with E-state index in [1.165, 1.54) is 0 Å². The second-order valence-corrected chi connectivity index (χ2v) is 9.05. The first-order valence-electron chi connectivity index (χ1n) is 11.0. The van der Waals surface area contributed by atoms with Gasteiger partial charge >= 0.3 is 5.97 Å². The number of aromatic nitrogens is 1. The molecular weight excluding hydrogens is 394 g/mol. The summed E-state index contributed by atoms with van der Waals surface area (Å²) in [6.07, 6.45) is 1.13. The van der Waals surface area contributed by atoms with Crippen LogP contribution < -0.4 is 0 Å². The monoisotopic (exact) mass is 427 g/mol. The first-order valence-corrected chi connectivity index (χ1v) is 11.0. The molecule has 0 radical (unpaired) electrons. The maximum atomic E-state index is 12.8. The number of nitrogens with zero attached hydrogens (tertiary/aromatic N) is 5. The number of benzene rings is 1. The number of hydrogen-bond acceptors (Lipinski definition) is 5. The van der Waals surface area contributed by atoms with Gasteiger partial charge in [0.1, 0.15) is 5.69 Å². The Hall–Kier alpha value is -2.42. The van der Waals surface area contributed by atoms with Gasteiger partial charge in [0.05, 0.1) is 12.1 Å². The van der Waals surface area contributed by atoms with Crippen LogP contribution in [0.1, 0.15) is 22.5 Å². The third-order valence-corrected chi connectivity index (χ3v) is 6.81. The molecule has 0 bridgehead atoms. The van der Waals surface area contributed by atoms with Crippen LogP contribution in [0.4, 0.5) is 0 Å². The van der Waals surface area contributed by atoms with E-state index in [2.05, 4.69) is 34.9 Å². The summed E-state index contributed by atoms with van der Waals surface area (Å²) in [4.78, 5) is 33.1. The predicted molar refractivity (Wildman–Crippen MR) is 120 cm³/mol. The summed E-state index contributed by atoms with van der Waals surface area (Å²) >= 11 is 0. The molecule has 0 aliphatic carbocycles. The van der Waals surface area contributed by atoms with E-state index in [1.807, 2.05) is 24.1 Å². The van der Waals surface area contributed by atoms with Crippen molar-refractivity contribution in [3.05, 3.63) is 35.5 Å². The van der Waals surface area contributed by atoms with Gasteiger partial charge in [0.2, 0.25) is 5.91 Å². The Balaban J connectivity index is 1.34.